The van der Waals surface area contributed by atoms with Gasteiger partial charge in [0.05, 0.1) is 0 Å². The zero-order valence-corrected chi connectivity index (χ0v) is 11.9. The molecule has 0 fully saturated rings. The standard InChI is InChI=1S/C15H18ClN3/c1-3-17-14-5-4-6-15(19-14)18-11(2)12-7-9-13(16)10-8-12/h4-11H,3H2,1-2H3,(H2,17,18,19). The van der Waals surface area contributed by atoms with Crippen LogP contribution in [0.1, 0.15) is 25.5 Å². The maximum Gasteiger partial charge on any atom is 0.128 e. The van der Waals surface area contributed by atoms with E-state index in [1.807, 2.05) is 42.5 Å². The Hall–Kier alpha value is -1.74. The first-order valence-electron chi connectivity index (χ1n) is 6.42. The number of hydrogen-bond donors (Lipinski definition) is 2. The SMILES string of the molecule is CCNc1cccc(NC(C)c2ccc(Cl)cc2)n1. The Labute approximate surface area is 119 Å². The van der Waals surface area contributed by atoms with Crippen LogP contribution in [0.4, 0.5) is 11.6 Å². The summed E-state index contributed by atoms with van der Waals surface area (Å²) in [4.78, 5) is 4.50. The van der Waals surface area contributed by atoms with Crippen molar-refractivity contribution in [2.45, 2.75) is 19.9 Å². The van der Waals surface area contributed by atoms with Crippen molar-refractivity contribution in [3.05, 3.63) is 53.1 Å². The summed E-state index contributed by atoms with van der Waals surface area (Å²) in [5, 5.41) is 7.34. The molecule has 0 aliphatic carbocycles. The van der Waals surface area contributed by atoms with E-state index in [0.717, 1.165) is 23.2 Å². The fourth-order valence-corrected chi connectivity index (χ4v) is 1.98. The average molecular weight is 276 g/mol. The number of benzene rings is 1. The van der Waals surface area contributed by atoms with Crippen LogP contribution in [0.25, 0.3) is 0 Å². The molecule has 1 aromatic carbocycles. The molecule has 1 aromatic heterocycles. The molecule has 0 saturated carbocycles. The normalized spacial score (nSPS) is 11.9. The smallest absolute Gasteiger partial charge is 0.128 e. The molecule has 0 bridgehead atoms. The molecule has 2 N–H and O–H groups in total. The van der Waals surface area contributed by atoms with Crippen molar-refractivity contribution in [3.63, 3.8) is 0 Å². The first-order chi connectivity index (χ1) is 9.19. The summed E-state index contributed by atoms with van der Waals surface area (Å²) in [5.74, 6) is 1.75. The summed E-state index contributed by atoms with van der Waals surface area (Å²) in [7, 11) is 0. The van der Waals surface area contributed by atoms with Crippen molar-refractivity contribution in [1.29, 1.82) is 0 Å². The lowest BCUT2D eigenvalue weighted by molar-refractivity contribution is 0.875. The van der Waals surface area contributed by atoms with Crippen molar-refractivity contribution in [1.82, 2.24) is 4.98 Å². The molecule has 3 nitrogen and oxygen atoms in total. The van der Waals surface area contributed by atoms with Gasteiger partial charge in [0, 0.05) is 17.6 Å². The van der Waals surface area contributed by atoms with Gasteiger partial charge in [-0.3, -0.25) is 0 Å². The Morgan fingerprint density at radius 3 is 2.47 bits per heavy atom. The topological polar surface area (TPSA) is 37.0 Å². The number of pyridine rings is 1. The van der Waals surface area contributed by atoms with Gasteiger partial charge in [-0.15, -0.1) is 0 Å². The Morgan fingerprint density at radius 1 is 1.11 bits per heavy atom. The maximum atomic E-state index is 5.89. The zero-order chi connectivity index (χ0) is 13.7. The van der Waals surface area contributed by atoms with Crippen LogP contribution in [0.2, 0.25) is 5.02 Å². The molecule has 4 heteroatoms. The molecule has 0 amide bonds. The van der Waals surface area contributed by atoms with Crippen LogP contribution in [-0.2, 0) is 0 Å². The van der Waals surface area contributed by atoms with Gasteiger partial charge in [0.2, 0.25) is 0 Å². The molecule has 2 aromatic rings. The zero-order valence-electron chi connectivity index (χ0n) is 11.2. The van der Waals surface area contributed by atoms with E-state index in [-0.39, 0.29) is 6.04 Å². The van der Waals surface area contributed by atoms with Crippen LogP contribution < -0.4 is 10.6 Å². The van der Waals surface area contributed by atoms with Crippen LogP contribution >= 0.6 is 11.6 Å². The molecule has 1 unspecified atom stereocenters. The number of nitrogens with zero attached hydrogens (tertiary/aromatic N) is 1. The predicted octanol–water partition coefficient (Wildman–Crippen LogP) is 4.34. The minimum absolute atomic E-state index is 0.182. The van der Waals surface area contributed by atoms with Crippen LogP contribution in [0.5, 0.6) is 0 Å². The number of anilines is 2. The maximum absolute atomic E-state index is 5.89. The lowest BCUT2D eigenvalue weighted by Crippen LogP contribution is -2.09. The predicted molar refractivity (Wildman–Crippen MR) is 81.9 cm³/mol. The van der Waals surface area contributed by atoms with Gasteiger partial charge in [-0.25, -0.2) is 4.98 Å². The quantitative estimate of drug-likeness (QED) is 0.852. The molecule has 0 radical (unpaired) electrons. The Morgan fingerprint density at radius 2 is 1.79 bits per heavy atom. The largest absolute Gasteiger partial charge is 0.370 e. The van der Waals surface area contributed by atoms with Crippen molar-refractivity contribution >= 4 is 23.2 Å². The van der Waals surface area contributed by atoms with E-state index in [9.17, 15) is 0 Å². The second-order valence-electron chi connectivity index (χ2n) is 4.36. The summed E-state index contributed by atoms with van der Waals surface area (Å²) in [6.07, 6.45) is 0. The molecule has 0 aliphatic heterocycles. The molecule has 0 aliphatic rings. The third-order valence-corrected chi connectivity index (χ3v) is 3.09. The fraction of sp³-hybridized carbons (Fsp3) is 0.267. The van der Waals surface area contributed by atoms with Gasteiger partial charge in [0.25, 0.3) is 0 Å². The summed E-state index contributed by atoms with van der Waals surface area (Å²) in [5.41, 5.74) is 1.18. The van der Waals surface area contributed by atoms with Gasteiger partial charge in [-0.05, 0) is 43.7 Å². The lowest BCUT2D eigenvalue weighted by Gasteiger charge is -2.15. The molecule has 1 atom stereocenters. The van der Waals surface area contributed by atoms with Crippen LogP contribution in [-0.4, -0.2) is 11.5 Å². The highest BCUT2D eigenvalue weighted by molar-refractivity contribution is 6.30. The lowest BCUT2D eigenvalue weighted by atomic mass is 10.1. The third-order valence-electron chi connectivity index (χ3n) is 2.84. The third kappa shape index (κ3) is 3.86. The monoisotopic (exact) mass is 275 g/mol. The summed E-state index contributed by atoms with van der Waals surface area (Å²) < 4.78 is 0. The van der Waals surface area contributed by atoms with E-state index in [4.69, 9.17) is 11.6 Å². The van der Waals surface area contributed by atoms with Crippen molar-refractivity contribution < 1.29 is 0 Å². The second kappa shape index (κ2) is 6.43. The molecular formula is C15H18ClN3. The highest BCUT2D eigenvalue weighted by Crippen LogP contribution is 2.20. The number of aromatic nitrogens is 1. The highest BCUT2D eigenvalue weighted by Gasteiger charge is 2.06. The second-order valence-corrected chi connectivity index (χ2v) is 4.79. The summed E-state index contributed by atoms with van der Waals surface area (Å²) >= 11 is 5.89. The minimum Gasteiger partial charge on any atom is -0.370 e. The highest BCUT2D eigenvalue weighted by atomic mass is 35.5. The molecule has 0 saturated heterocycles. The van der Waals surface area contributed by atoms with Crippen LogP contribution in [0.15, 0.2) is 42.5 Å². The number of halogens is 1. The van der Waals surface area contributed by atoms with E-state index < -0.39 is 0 Å². The van der Waals surface area contributed by atoms with Crippen LogP contribution in [0.3, 0.4) is 0 Å². The van der Waals surface area contributed by atoms with Crippen molar-refractivity contribution in [2.24, 2.45) is 0 Å². The van der Waals surface area contributed by atoms with Gasteiger partial charge in [-0.2, -0.15) is 0 Å². The van der Waals surface area contributed by atoms with E-state index in [1.165, 1.54) is 5.56 Å². The van der Waals surface area contributed by atoms with E-state index in [1.54, 1.807) is 0 Å². The number of nitrogens with one attached hydrogen (secondary N) is 2. The first-order valence-corrected chi connectivity index (χ1v) is 6.79. The minimum atomic E-state index is 0.182. The number of rotatable bonds is 5. The summed E-state index contributed by atoms with van der Waals surface area (Å²) in [6, 6.07) is 13.9. The Kier molecular flexibility index (Phi) is 4.63. The van der Waals surface area contributed by atoms with Gasteiger partial charge in [-0.1, -0.05) is 29.8 Å². The molecule has 2 rings (SSSR count). The van der Waals surface area contributed by atoms with E-state index in [0.29, 0.717) is 0 Å². The Bertz CT molecular complexity index is 525. The summed E-state index contributed by atoms with van der Waals surface area (Å²) in [6.45, 7) is 5.02. The molecule has 0 spiro atoms. The van der Waals surface area contributed by atoms with Gasteiger partial charge in [0.15, 0.2) is 0 Å². The van der Waals surface area contributed by atoms with Gasteiger partial charge in [0.1, 0.15) is 11.6 Å². The molecule has 19 heavy (non-hydrogen) atoms. The average Bonchev–Trinajstić information content (AvgIpc) is 2.40. The molecule has 1 heterocycles. The first kappa shape index (κ1) is 13.7. The molecule has 100 valence electrons. The van der Waals surface area contributed by atoms with Crippen molar-refractivity contribution in [3.8, 4) is 0 Å². The van der Waals surface area contributed by atoms with E-state index in [2.05, 4.69) is 29.5 Å². The van der Waals surface area contributed by atoms with Gasteiger partial charge >= 0.3 is 0 Å². The molecular weight excluding hydrogens is 258 g/mol. The van der Waals surface area contributed by atoms with Gasteiger partial charge < -0.3 is 10.6 Å². The van der Waals surface area contributed by atoms with Crippen molar-refractivity contribution in [2.75, 3.05) is 17.2 Å². The van der Waals surface area contributed by atoms with Crippen LogP contribution in [0, 0.1) is 0 Å². The number of hydrogen-bond acceptors (Lipinski definition) is 3. The van der Waals surface area contributed by atoms with E-state index >= 15 is 0 Å². The fourth-order valence-electron chi connectivity index (χ4n) is 1.85. The Balaban J connectivity index is 2.07.